The van der Waals surface area contributed by atoms with Gasteiger partial charge in [-0.1, -0.05) is 84.9 Å². The molecule has 0 bridgehead atoms. The molecule has 6 heteroatoms. The Morgan fingerprint density at radius 1 is 0.763 bits per heavy atom. The molecule has 2 nitrogen and oxygen atoms in total. The number of rotatable bonds is 11. The zero-order valence-corrected chi connectivity index (χ0v) is 22.0. The highest BCUT2D eigenvalue weighted by Crippen LogP contribution is 2.35. The van der Waals surface area contributed by atoms with E-state index in [0.717, 1.165) is 34.6 Å². The van der Waals surface area contributed by atoms with E-state index in [2.05, 4.69) is 24.3 Å². The van der Waals surface area contributed by atoms with Crippen LogP contribution in [-0.4, -0.2) is 24.6 Å². The number of ether oxygens (including phenoxy) is 1. The molecule has 0 aliphatic heterocycles. The first-order chi connectivity index (χ1) is 18.3. The van der Waals surface area contributed by atoms with Gasteiger partial charge < -0.3 is 4.74 Å². The summed E-state index contributed by atoms with van der Waals surface area (Å²) in [6, 6.07) is 33.4. The molecular weight excluding hydrogens is 507 g/mol. The molecule has 0 saturated heterocycles. The summed E-state index contributed by atoms with van der Waals surface area (Å²) in [5, 5.41) is 0. The van der Waals surface area contributed by atoms with E-state index in [-0.39, 0.29) is 5.92 Å². The van der Waals surface area contributed by atoms with Gasteiger partial charge >= 0.3 is 6.18 Å². The SMILES string of the molecule is Cc1cccc(OCCCN(CC(c2ccccc2)c2ccccc2)C(Cl)c2cccc(C(F)(F)F)c2)c1. The van der Waals surface area contributed by atoms with Gasteiger partial charge in [-0.2, -0.15) is 13.2 Å². The first-order valence-electron chi connectivity index (χ1n) is 12.7. The number of aryl methyl sites for hydroxylation is 1. The van der Waals surface area contributed by atoms with Crippen molar-refractivity contribution in [2.75, 3.05) is 19.7 Å². The van der Waals surface area contributed by atoms with Crippen molar-refractivity contribution in [3.05, 3.63) is 137 Å². The van der Waals surface area contributed by atoms with Gasteiger partial charge in [0.15, 0.2) is 0 Å². The largest absolute Gasteiger partial charge is 0.494 e. The van der Waals surface area contributed by atoms with E-state index in [9.17, 15) is 13.2 Å². The second-order valence-corrected chi connectivity index (χ2v) is 9.76. The molecule has 0 N–H and O–H groups in total. The van der Waals surface area contributed by atoms with Crippen LogP contribution in [0.1, 0.15) is 45.7 Å². The van der Waals surface area contributed by atoms with Crippen LogP contribution in [0.25, 0.3) is 0 Å². The van der Waals surface area contributed by atoms with Crippen molar-refractivity contribution >= 4 is 11.6 Å². The molecule has 0 heterocycles. The van der Waals surface area contributed by atoms with Crippen LogP contribution in [0.3, 0.4) is 0 Å². The summed E-state index contributed by atoms with van der Waals surface area (Å²) >= 11 is 6.95. The Hall–Kier alpha value is -3.28. The minimum atomic E-state index is -4.43. The Balaban J connectivity index is 1.58. The van der Waals surface area contributed by atoms with Gasteiger partial charge in [-0.3, -0.25) is 4.90 Å². The first-order valence-corrected chi connectivity index (χ1v) is 13.1. The van der Waals surface area contributed by atoms with Crippen LogP contribution in [0.4, 0.5) is 13.2 Å². The molecule has 4 aromatic rings. The normalized spacial score (nSPS) is 12.6. The quantitative estimate of drug-likeness (QED) is 0.108. The van der Waals surface area contributed by atoms with E-state index in [0.29, 0.717) is 31.7 Å². The van der Waals surface area contributed by atoms with E-state index in [1.807, 2.05) is 72.5 Å². The topological polar surface area (TPSA) is 12.5 Å². The second-order valence-electron chi connectivity index (χ2n) is 9.35. The summed E-state index contributed by atoms with van der Waals surface area (Å²) < 4.78 is 46.3. The standard InChI is InChI=1S/C32H31ClF3NO/c1-24-11-8-18-29(21-24)38-20-10-19-37(31(33)27-16-9-17-28(22-27)32(34,35)36)23-30(25-12-4-2-5-13-25)26-14-6-3-7-15-26/h2-9,11-18,21-22,30-31H,10,19-20,23H2,1H3. The lowest BCUT2D eigenvalue weighted by atomic mass is 9.90. The molecule has 4 rings (SSSR count). The van der Waals surface area contributed by atoms with Crippen LogP contribution in [-0.2, 0) is 6.18 Å². The molecule has 0 radical (unpaired) electrons. The number of alkyl halides is 4. The third-order valence-electron chi connectivity index (χ3n) is 6.48. The third-order valence-corrected chi connectivity index (χ3v) is 7.01. The summed E-state index contributed by atoms with van der Waals surface area (Å²) in [5.74, 6) is 0.783. The molecule has 0 fully saturated rings. The monoisotopic (exact) mass is 537 g/mol. The van der Waals surface area contributed by atoms with Crippen LogP contribution in [0.5, 0.6) is 5.75 Å². The van der Waals surface area contributed by atoms with Crippen LogP contribution in [0, 0.1) is 6.92 Å². The van der Waals surface area contributed by atoms with E-state index in [1.54, 1.807) is 6.07 Å². The van der Waals surface area contributed by atoms with E-state index >= 15 is 0 Å². The van der Waals surface area contributed by atoms with Gasteiger partial charge in [-0.05, 0) is 59.9 Å². The van der Waals surface area contributed by atoms with Crippen LogP contribution < -0.4 is 4.74 Å². The van der Waals surface area contributed by atoms with Gasteiger partial charge in [0.2, 0.25) is 0 Å². The van der Waals surface area contributed by atoms with Crippen LogP contribution in [0.2, 0.25) is 0 Å². The maximum atomic E-state index is 13.5. The van der Waals surface area contributed by atoms with Crippen molar-refractivity contribution in [1.29, 1.82) is 0 Å². The summed E-state index contributed by atoms with van der Waals surface area (Å²) in [5.41, 5.74) is 2.32. The van der Waals surface area contributed by atoms with Gasteiger partial charge in [0.1, 0.15) is 11.3 Å². The zero-order valence-electron chi connectivity index (χ0n) is 21.2. The molecule has 0 amide bonds. The van der Waals surface area contributed by atoms with Gasteiger partial charge in [0.25, 0.3) is 0 Å². The highest BCUT2D eigenvalue weighted by Gasteiger charge is 2.32. The minimum Gasteiger partial charge on any atom is -0.494 e. The summed E-state index contributed by atoms with van der Waals surface area (Å²) in [6.07, 6.45) is -3.78. The molecule has 0 saturated carbocycles. The van der Waals surface area contributed by atoms with Gasteiger partial charge in [0, 0.05) is 19.0 Å². The Morgan fingerprint density at radius 3 is 1.97 bits per heavy atom. The molecule has 1 atom stereocenters. The van der Waals surface area contributed by atoms with Crippen molar-refractivity contribution in [3.63, 3.8) is 0 Å². The van der Waals surface area contributed by atoms with Crippen LogP contribution in [0.15, 0.2) is 109 Å². The predicted molar refractivity (Wildman–Crippen MR) is 148 cm³/mol. The van der Waals surface area contributed by atoms with Crippen LogP contribution >= 0.6 is 11.6 Å². The molecule has 198 valence electrons. The Kier molecular flexibility index (Phi) is 9.48. The molecule has 0 aliphatic carbocycles. The van der Waals surface area contributed by atoms with Crippen molar-refractivity contribution < 1.29 is 17.9 Å². The van der Waals surface area contributed by atoms with E-state index in [4.69, 9.17) is 16.3 Å². The third kappa shape index (κ3) is 7.62. The molecule has 0 aliphatic rings. The molecular formula is C32H31ClF3NO. The van der Waals surface area contributed by atoms with Gasteiger partial charge in [-0.25, -0.2) is 0 Å². The first kappa shape index (κ1) is 27.7. The maximum absolute atomic E-state index is 13.5. The van der Waals surface area contributed by atoms with Gasteiger partial charge in [-0.15, -0.1) is 11.6 Å². The average Bonchev–Trinajstić information content (AvgIpc) is 2.93. The Labute approximate surface area is 227 Å². The lowest BCUT2D eigenvalue weighted by molar-refractivity contribution is -0.137. The number of hydrogen-bond donors (Lipinski definition) is 0. The molecule has 1 unspecified atom stereocenters. The van der Waals surface area contributed by atoms with Crippen molar-refractivity contribution in [3.8, 4) is 5.75 Å². The zero-order chi connectivity index (χ0) is 27.0. The molecule has 4 aromatic carbocycles. The van der Waals surface area contributed by atoms with Crippen molar-refractivity contribution in [2.24, 2.45) is 0 Å². The molecule has 0 aromatic heterocycles. The average molecular weight is 538 g/mol. The summed E-state index contributed by atoms with van der Waals surface area (Å²) in [7, 11) is 0. The fourth-order valence-corrected chi connectivity index (χ4v) is 4.86. The van der Waals surface area contributed by atoms with E-state index < -0.39 is 17.2 Å². The summed E-state index contributed by atoms with van der Waals surface area (Å²) in [4.78, 5) is 2.04. The minimum absolute atomic E-state index is 0.0119. The maximum Gasteiger partial charge on any atom is 0.416 e. The highest BCUT2D eigenvalue weighted by atomic mass is 35.5. The Bertz CT molecular complexity index is 1240. The molecule has 38 heavy (non-hydrogen) atoms. The smallest absolute Gasteiger partial charge is 0.416 e. The fraction of sp³-hybridized carbons (Fsp3) is 0.250. The van der Waals surface area contributed by atoms with Gasteiger partial charge in [0.05, 0.1) is 12.2 Å². The van der Waals surface area contributed by atoms with E-state index in [1.165, 1.54) is 6.07 Å². The fourth-order valence-electron chi connectivity index (χ4n) is 4.54. The highest BCUT2D eigenvalue weighted by molar-refractivity contribution is 6.20. The Morgan fingerprint density at radius 2 is 1.37 bits per heavy atom. The second kappa shape index (κ2) is 13.0. The number of hydrogen-bond acceptors (Lipinski definition) is 2. The number of nitrogens with zero attached hydrogens (tertiary/aromatic N) is 1. The lowest BCUT2D eigenvalue weighted by Gasteiger charge is -2.32. The summed E-state index contributed by atoms with van der Waals surface area (Å²) in [6.45, 7) is 3.55. The lowest BCUT2D eigenvalue weighted by Crippen LogP contribution is -2.32. The molecule has 0 spiro atoms. The number of halogens is 4. The van der Waals surface area contributed by atoms with Crippen molar-refractivity contribution in [2.45, 2.75) is 30.9 Å². The number of benzene rings is 4. The van der Waals surface area contributed by atoms with Crippen molar-refractivity contribution in [1.82, 2.24) is 4.90 Å². The predicted octanol–water partition coefficient (Wildman–Crippen LogP) is 8.85.